The Bertz CT molecular complexity index is 904. The van der Waals surface area contributed by atoms with Crippen LogP contribution >= 0.6 is 0 Å². The van der Waals surface area contributed by atoms with E-state index in [0.29, 0.717) is 11.6 Å². The highest BCUT2D eigenvalue weighted by atomic mass is 32.2. The van der Waals surface area contributed by atoms with E-state index in [-0.39, 0.29) is 5.03 Å². The van der Waals surface area contributed by atoms with Gasteiger partial charge in [-0.05, 0) is 26.0 Å². The van der Waals surface area contributed by atoms with Crippen LogP contribution in [0.5, 0.6) is 0 Å². The maximum atomic E-state index is 12.7. The van der Waals surface area contributed by atoms with Gasteiger partial charge in [0.05, 0.1) is 6.04 Å². The molecule has 0 N–H and O–H groups in total. The Morgan fingerprint density at radius 1 is 1.30 bits per heavy atom. The highest BCUT2D eigenvalue weighted by molar-refractivity contribution is 7.89. The van der Waals surface area contributed by atoms with E-state index in [1.54, 1.807) is 25.5 Å². The normalized spacial score (nSPS) is 13.8. The van der Waals surface area contributed by atoms with Crippen LogP contribution in [0.1, 0.15) is 24.6 Å². The molecule has 0 radical (unpaired) electrons. The van der Waals surface area contributed by atoms with Gasteiger partial charge in [-0.2, -0.15) is 4.31 Å². The second-order valence-corrected chi connectivity index (χ2v) is 7.57. The van der Waals surface area contributed by atoms with Crippen molar-refractivity contribution in [2.24, 2.45) is 7.05 Å². The van der Waals surface area contributed by atoms with E-state index >= 15 is 0 Å². The van der Waals surface area contributed by atoms with Crippen LogP contribution in [0.3, 0.4) is 0 Å². The lowest BCUT2D eigenvalue weighted by molar-refractivity contribution is 0.347. The molecule has 0 amide bonds. The zero-order valence-corrected chi connectivity index (χ0v) is 14.3. The van der Waals surface area contributed by atoms with E-state index in [1.807, 2.05) is 30.3 Å². The van der Waals surface area contributed by atoms with E-state index in [0.717, 1.165) is 11.0 Å². The molecular weight excluding hydrogens is 314 g/mol. The molecular formula is C16H19N3O3S. The molecule has 0 bridgehead atoms. The number of aryl methyl sites for hydroxylation is 2. The summed E-state index contributed by atoms with van der Waals surface area (Å²) in [6, 6.07) is 9.04. The van der Waals surface area contributed by atoms with E-state index in [2.05, 4.69) is 4.98 Å². The van der Waals surface area contributed by atoms with Crippen molar-refractivity contribution in [3.05, 3.63) is 48.1 Å². The molecule has 1 aromatic carbocycles. The fourth-order valence-electron chi connectivity index (χ4n) is 2.39. The molecule has 0 spiro atoms. The average molecular weight is 333 g/mol. The second-order valence-electron chi connectivity index (χ2n) is 5.62. The number of nitrogens with zero attached hydrogens (tertiary/aromatic N) is 3. The molecule has 0 saturated heterocycles. The van der Waals surface area contributed by atoms with Crippen LogP contribution in [-0.2, 0) is 17.1 Å². The topological polar surface area (TPSA) is 68.3 Å². The van der Waals surface area contributed by atoms with Gasteiger partial charge in [0.15, 0.2) is 5.03 Å². The predicted octanol–water partition coefficient (Wildman–Crippen LogP) is 2.86. The number of fused-ring (bicyclic) bond motifs is 1. The largest absolute Gasteiger partial charge is 0.459 e. The third-order valence-electron chi connectivity index (χ3n) is 4.13. The Hall–Kier alpha value is -2.12. The van der Waals surface area contributed by atoms with Crippen molar-refractivity contribution < 1.29 is 12.8 Å². The molecule has 0 saturated carbocycles. The molecule has 7 heteroatoms. The molecule has 2 heterocycles. The maximum absolute atomic E-state index is 12.7. The first-order chi connectivity index (χ1) is 10.8. The van der Waals surface area contributed by atoms with Crippen molar-refractivity contribution >= 4 is 21.0 Å². The average Bonchev–Trinajstić information content (AvgIpc) is 3.10. The molecule has 3 aromatic rings. The number of rotatable bonds is 4. The van der Waals surface area contributed by atoms with Crippen LogP contribution in [-0.4, -0.2) is 29.3 Å². The summed E-state index contributed by atoms with van der Waals surface area (Å²) in [5, 5.41) is 0.997. The van der Waals surface area contributed by atoms with Crippen molar-refractivity contribution in [2.75, 3.05) is 7.05 Å². The van der Waals surface area contributed by atoms with Gasteiger partial charge in [-0.1, -0.05) is 18.2 Å². The number of aromatic nitrogens is 2. The molecule has 1 unspecified atom stereocenters. The van der Waals surface area contributed by atoms with E-state index in [1.165, 1.54) is 17.5 Å². The van der Waals surface area contributed by atoms with E-state index in [9.17, 15) is 8.42 Å². The van der Waals surface area contributed by atoms with Crippen molar-refractivity contribution in [1.82, 2.24) is 13.9 Å². The molecule has 122 valence electrons. The smallest absolute Gasteiger partial charge is 0.262 e. The molecule has 0 aliphatic heterocycles. The summed E-state index contributed by atoms with van der Waals surface area (Å²) in [5.41, 5.74) is 0.744. The van der Waals surface area contributed by atoms with Gasteiger partial charge in [0, 0.05) is 25.7 Å². The molecule has 0 aliphatic carbocycles. The monoisotopic (exact) mass is 333 g/mol. The highest BCUT2D eigenvalue weighted by Gasteiger charge is 2.30. The van der Waals surface area contributed by atoms with E-state index < -0.39 is 16.1 Å². The van der Waals surface area contributed by atoms with Gasteiger partial charge in [0.1, 0.15) is 17.2 Å². The number of benzene rings is 1. The summed E-state index contributed by atoms with van der Waals surface area (Å²) in [5.74, 6) is 1.25. The summed E-state index contributed by atoms with van der Waals surface area (Å²) in [4.78, 5) is 4.12. The lowest BCUT2D eigenvalue weighted by Gasteiger charge is -2.21. The summed E-state index contributed by atoms with van der Waals surface area (Å²) < 4.78 is 34.2. The summed E-state index contributed by atoms with van der Waals surface area (Å²) in [6.45, 7) is 3.56. The van der Waals surface area contributed by atoms with Crippen molar-refractivity contribution in [1.29, 1.82) is 0 Å². The predicted molar refractivity (Wildman–Crippen MR) is 87.5 cm³/mol. The van der Waals surface area contributed by atoms with Gasteiger partial charge in [0.25, 0.3) is 10.0 Å². The molecule has 3 rings (SSSR count). The van der Waals surface area contributed by atoms with Crippen LogP contribution in [0.25, 0.3) is 11.0 Å². The highest BCUT2D eigenvalue weighted by Crippen LogP contribution is 2.29. The van der Waals surface area contributed by atoms with Crippen molar-refractivity contribution in [3.63, 3.8) is 0 Å². The number of hydrogen-bond acceptors (Lipinski definition) is 4. The molecule has 1 atom stereocenters. The number of imidazole rings is 1. The first-order valence-corrected chi connectivity index (χ1v) is 8.71. The maximum Gasteiger partial charge on any atom is 0.262 e. The van der Waals surface area contributed by atoms with Gasteiger partial charge >= 0.3 is 0 Å². The fourth-order valence-corrected chi connectivity index (χ4v) is 3.75. The molecule has 23 heavy (non-hydrogen) atoms. The molecule has 0 aliphatic rings. The SMILES string of the molecule is Cc1nc(S(=O)(=O)N(C)C(C)c2cc3ccccc3o2)cn1C. The minimum absolute atomic E-state index is 0.0444. The number of hydrogen-bond donors (Lipinski definition) is 0. The van der Waals surface area contributed by atoms with Crippen LogP contribution in [0.15, 0.2) is 46.0 Å². The van der Waals surface area contributed by atoms with Gasteiger partial charge in [0.2, 0.25) is 0 Å². The van der Waals surface area contributed by atoms with Crippen LogP contribution in [0.2, 0.25) is 0 Å². The third-order valence-corrected chi connectivity index (χ3v) is 5.93. The quantitative estimate of drug-likeness (QED) is 0.736. The molecule has 2 aromatic heterocycles. The summed E-state index contributed by atoms with van der Waals surface area (Å²) in [7, 11) is -0.377. The van der Waals surface area contributed by atoms with Crippen molar-refractivity contribution in [3.8, 4) is 0 Å². The first kappa shape index (κ1) is 15.8. The zero-order valence-electron chi connectivity index (χ0n) is 13.5. The second kappa shape index (κ2) is 5.50. The lowest BCUT2D eigenvalue weighted by atomic mass is 10.2. The lowest BCUT2D eigenvalue weighted by Crippen LogP contribution is -2.29. The Balaban J connectivity index is 1.96. The van der Waals surface area contributed by atoms with Gasteiger partial charge in [-0.25, -0.2) is 13.4 Å². The van der Waals surface area contributed by atoms with E-state index in [4.69, 9.17) is 4.42 Å². The van der Waals surface area contributed by atoms with Crippen molar-refractivity contribution in [2.45, 2.75) is 24.9 Å². The van der Waals surface area contributed by atoms with Gasteiger partial charge in [-0.15, -0.1) is 0 Å². The fraction of sp³-hybridized carbons (Fsp3) is 0.312. The Morgan fingerprint density at radius 3 is 2.61 bits per heavy atom. The first-order valence-electron chi connectivity index (χ1n) is 7.27. The number of sulfonamides is 1. The number of para-hydroxylation sites is 1. The summed E-state index contributed by atoms with van der Waals surface area (Å²) in [6.07, 6.45) is 1.52. The Kier molecular flexibility index (Phi) is 3.77. The third kappa shape index (κ3) is 2.66. The molecule has 0 fully saturated rings. The summed E-state index contributed by atoms with van der Waals surface area (Å²) >= 11 is 0. The molecule has 6 nitrogen and oxygen atoms in total. The van der Waals surface area contributed by atoms with Crippen LogP contribution < -0.4 is 0 Å². The van der Waals surface area contributed by atoms with Crippen LogP contribution in [0.4, 0.5) is 0 Å². The minimum atomic E-state index is -3.68. The number of furan rings is 1. The van der Waals surface area contributed by atoms with Crippen LogP contribution in [0, 0.1) is 6.92 Å². The Labute approximate surface area is 135 Å². The Morgan fingerprint density at radius 2 is 2.00 bits per heavy atom. The van der Waals surface area contributed by atoms with Gasteiger partial charge in [-0.3, -0.25) is 0 Å². The minimum Gasteiger partial charge on any atom is -0.459 e. The standard InChI is InChI=1S/C16H19N3O3S/c1-11(15-9-13-7-5-6-8-14(13)22-15)19(4)23(20,21)16-10-18(3)12(2)17-16/h5-11H,1-4H3. The van der Waals surface area contributed by atoms with Gasteiger partial charge < -0.3 is 8.98 Å². The zero-order chi connectivity index (χ0) is 16.8.